The Hall–Kier alpha value is -2.89. The number of carboxylic acids is 1. The van der Waals surface area contributed by atoms with Crippen LogP contribution in [0.15, 0.2) is 36.4 Å². The molecular weight excluding hydrogens is 325 g/mol. The summed E-state index contributed by atoms with van der Waals surface area (Å²) in [6.07, 6.45) is 0.626. The molecule has 0 aromatic heterocycles. The summed E-state index contributed by atoms with van der Waals surface area (Å²) in [5.74, 6) is -1.47. The van der Waals surface area contributed by atoms with Crippen LogP contribution >= 0.6 is 0 Å². The van der Waals surface area contributed by atoms with E-state index in [0.29, 0.717) is 18.7 Å². The third-order valence-corrected chi connectivity index (χ3v) is 4.54. The molecule has 5 nitrogen and oxygen atoms in total. The Morgan fingerprint density at radius 3 is 2.60 bits per heavy atom. The average Bonchev–Trinajstić information content (AvgIpc) is 2.61. The van der Waals surface area contributed by atoms with Crippen molar-refractivity contribution in [1.29, 1.82) is 0 Å². The van der Waals surface area contributed by atoms with E-state index in [4.69, 9.17) is 4.74 Å². The number of aromatic carboxylic acids is 1. The number of benzene rings is 2. The third kappa shape index (κ3) is 3.20. The lowest BCUT2D eigenvalue weighted by Crippen LogP contribution is -2.39. The van der Waals surface area contributed by atoms with Gasteiger partial charge in [-0.3, -0.25) is 4.79 Å². The van der Waals surface area contributed by atoms with E-state index in [0.717, 1.165) is 11.1 Å². The SMILES string of the molecule is COc1cc(C(=O)O)cc(C(=O)N2CCc3ccc(F)cc3[C@@H]2C)c1. The lowest BCUT2D eigenvalue weighted by Gasteiger charge is -2.35. The highest BCUT2D eigenvalue weighted by atomic mass is 19.1. The van der Waals surface area contributed by atoms with E-state index in [1.54, 1.807) is 11.0 Å². The maximum absolute atomic E-state index is 13.6. The molecule has 0 unspecified atom stereocenters. The Morgan fingerprint density at radius 2 is 1.92 bits per heavy atom. The monoisotopic (exact) mass is 343 g/mol. The van der Waals surface area contributed by atoms with Gasteiger partial charge in [0.1, 0.15) is 11.6 Å². The lowest BCUT2D eigenvalue weighted by atomic mass is 9.92. The highest BCUT2D eigenvalue weighted by Crippen LogP contribution is 2.31. The molecule has 1 aliphatic heterocycles. The number of rotatable bonds is 3. The molecule has 0 fully saturated rings. The minimum absolute atomic E-state index is 0.0150. The zero-order valence-corrected chi connectivity index (χ0v) is 14.0. The molecule has 1 amide bonds. The zero-order valence-electron chi connectivity index (χ0n) is 14.0. The van der Waals surface area contributed by atoms with E-state index in [2.05, 4.69) is 0 Å². The van der Waals surface area contributed by atoms with Gasteiger partial charge >= 0.3 is 5.97 Å². The van der Waals surface area contributed by atoms with Crippen molar-refractivity contribution >= 4 is 11.9 Å². The normalized spacial score (nSPS) is 16.3. The molecule has 2 aromatic rings. The number of hydrogen-bond acceptors (Lipinski definition) is 3. The van der Waals surface area contributed by atoms with Gasteiger partial charge in [-0.05, 0) is 54.8 Å². The topological polar surface area (TPSA) is 66.8 Å². The maximum Gasteiger partial charge on any atom is 0.335 e. The van der Waals surface area contributed by atoms with Crippen LogP contribution in [0.4, 0.5) is 4.39 Å². The highest BCUT2D eigenvalue weighted by Gasteiger charge is 2.29. The zero-order chi connectivity index (χ0) is 18.1. The second-order valence-corrected chi connectivity index (χ2v) is 6.02. The first-order chi connectivity index (χ1) is 11.9. The molecule has 0 saturated carbocycles. The van der Waals surface area contributed by atoms with Gasteiger partial charge in [-0.1, -0.05) is 6.07 Å². The number of nitrogens with zero attached hydrogens (tertiary/aromatic N) is 1. The summed E-state index contributed by atoms with van der Waals surface area (Å²) in [5.41, 5.74) is 2.03. The van der Waals surface area contributed by atoms with Gasteiger partial charge in [0.05, 0.1) is 18.7 Å². The molecule has 1 N–H and O–H groups in total. The second-order valence-electron chi connectivity index (χ2n) is 6.02. The predicted molar refractivity (Wildman–Crippen MR) is 89.5 cm³/mol. The molecule has 0 saturated heterocycles. The van der Waals surface area contributed by atoms with Gasteiger partial charge in [0, 0.05) is 12.1 Å². The first-order valence-corrected chi connectivity index (χ1v) is 7.92. The Kier molecular flexibility index (Phi) is 4.44. The van der Waals surface area contributed by atoms with Gasteiger partial charge < -0.3 is 14.7 Å². The summed E-state index contributed by atoms with van der Waals surface area (Å²) in [6, 6.07) is 8.54. The van der Waals surface area contributed by atoms with Crippen molar-refractivity contribution in [3.05, 3.63) is 64.5 Å². The van der Waals surface area contributed by atoms with Crippen molar-refractivity contribution in [3.63, 3.8) is 0 Å². The van der Waals surface area contributed by atoms with Crippen LogP contribution < -0.4 is 4.74 Å². The van der Waals surface area contributed by atoms with Crippen LogP contribution in [-0.4, -0.2) is 35.5 Å². The Labute approximate surface area is 144 Å². The minimum atomic E-state index is -1.13. The molecule has 130 valence electrons. The van der Waals surface area contributed by atoms with E-state index in [-0.39, 0.29) is 28.9 Å². The summed E-state index contributed by atoms with van der Waals surface area (Å²) in [7, 11) is 1.41. The largest absolute Gasteiger partial charge is 0.497 e. The fourth-order valence-electron chi connectivity index (χ4n) is 3.19. The van der Waals surface area contributed by atoms with Gasteiger partial charge in [-0.15, -0.1) is 0 Å². The van der Waals surface area contributed by atoms with Crippen molar-refractivity contribution in [2.45, 2.75) is 19.4 Å². The molecule has 6 heteroatoms. The van der Waals surface area contributed by atoms with E-state index in [1.807, 2.05) is 6.92 Å². The summed E-state index contributed by atoms with van der Waals surface area (Å²) in [6.45, 7) is 2.33. The van der Waals surface area contributed by atoms with Gasteiger partial charge in [-0.25, -0.2) is 9.18 Å². The molecule has 0 aliphatic carbocycles. The number of carboxylic acid groups (broad SMARTS) is 1. The number of methoxy groups -OCH3 is 1. The number of carbonyl (C=O) groups is 2. The first-order valence-electron chi connectivity index (χ1n) is 7.92. The van der Waals surface area contributed by atoms with Crippen LogP contribution in [0.25, 0.3) is 0 Å². The van der Waals surface area contributed by atoms with Crippen molar-refractivity contribution in [3.8, 4) is 5.75 Å². The van der Waals surface area contributed by atoms with Crippen molar-refractivity contribution in [2.24, 2.45) is 0 Å². The average molecular weight is 343 g/mol. The van der Waals surface area contributed by atoms with Crippen LogP contribution in [0.5, 0.6) is 5.75 Å². The minimum Gasteiger partial charge on any atom is -0.497 e. The highest BCUT2D eigenvalue weighted by molar-refractivity contribution is 5.98. The number of carbonyl (C=O) groups excluding carboxylic acids is 1. The quantitative estimate of drug-likeness (QED) is 0.929. The molecule has 1 atom stereocenters. The molecule has 3 rings (SSSR count). The standard InChI is InChI=1S/C19H18FNO4/c1-11-17-10-15(20)4-3-12(17)5-6-21(11)18(22)13-7-14(19(23)24)9-16(8-13)25-2/h3-4,7-11H,5-6H2,1-2H3,(H,23,24)/t11-/m0/s1. The third-order valence-electron chi connectivity index (χ3n) is 4.54. The molecule has 0 radical (unpaired) electrons. The summed E-state index contributed by atoms with van der Waals surface area (Å²) in [4.78, 5) is 25.8. The van der Waals surface area contributed by atoms with Gasteiger partial charge in [0.2, 0.25) is 0 Å². The van der Waals surface area contributed by atoms with Crippen molar-refractivity contribution in [2.75, 3.05) is 13.7 Å². The van der Waals surface area contributed by atoms with E-state index in [1.165, 1.54) is 37.4 Å². The van der Waals surface area contributed by atoms with Gasteiger partial charge in [0.15, 0.2) is 0 Å². The summed E-state index contributed by atoms with van der Waals surface area (Å²) >= 11 is 0. The molecule has 0 bridgehead atoms. The van der Waals surface area contributed by atoms with Crippen LogP contribution in [0.3, 0.4) is 0 Å². The lowest BCUT2D eigenvalue weighted by molar-refractivity contribution is 0.0677. The van der Waals surface area contributed by atoms with E-state index < -0.39 is 5.97 Å². The molecule has 1 heterocycles. The van der Waals surface area contributed by atoms with Crippen LogP contribution in [0.1, 0.15) is 44.8 Å². The molecule has 1 aliphatic rings. The number of fused-ring (bicyclic) bond motifs is 1. The molecule has 0 spiro atoms. The second kappa shape index (κ2) is 6.55. The maximum atomic E-state index is 13.6. The summed E-state index contributed by atoms with van der Waals surface area (Å²) < 4.78 is 18.7. The molecule has 25 heavy (non-hydrogen) atoms. The van der Waals surface area contributed by atoms with Crippen molar-refractivity contribution in [1.82, 2.24) is 4.90 Å². The fraction of sp³-hybridized carbons (Fsp3) is 0.263. The van der Waals surface area contributed by atoms with Gasteiger partial charge in [-0.2, -0.15) is 0 Å². The first kappa shape index (κ1) is 17.0. The molecule has 2 aromatic carbocycles. The summed E-state index contributed by atoms with van der Waals surface area (Å²) in [5, 5.41) is 9.21. The molecular formula is C19H18FNO4. The number of halogens is 1. The van der Waals surface area contributed by atoms with Crippen LogP contribution in [0.2, 0.25) is 0 Å². The predicted octanol–water partition coefficient (Wildman–Crippen LogP) is 3.29. The smallest absolute Gasteiger partial charge is 0.335 e. The van der Waals surface area contributed by atoms with E-state index >= 15 is 0 Å². The van der Waals surface area contributed by atoms with Crippen molar-refractivity contribution < 1.29 is 23.8 Å². The van der Waals surface area contributed by atoms with Crippen LogP contribution in [-0.2, 0) is 6.42 Å². The number of amides is 1. The number of ether oxygens (including phenoxy) is 1. The van der Waals surface area contributed by atoms with Crippen LogP contribution in [0, 0.1) is 5.82 Å². The van der Waals surface area contributed by atoms with E-state index in [9.17, 15) is 19.1 Å². The Bertz CT molecular complexity index is 849. The Morgan fingerprint density at radius 1 is 1.20 bits per heavy atom. The number of hydrogen-bond donors (Lipinski definition) is 1. The Balaban J connectivity index is 1.96. The fourth-order valence-corrected chi connectivity index (χ4v) is 3.19. The van der Waals surface area contributed by atoms with Gasteiger partial charge in [0.25, 0.3) is 5.91 Å².